The van der Waals surface area contributed by atoms with Crippen LogP contribution in [0.15, 0.2) is 53.4 Å². The van der Waals surface area contributed by atoms with Gasteiger partial charge < -0.3 is 9.64 Å². The fraction of sp³-hybridized carbons (Fsp3) is 0.433. The van der Waals surface area contributed by atoms with E-state index >= 15 is 0 Å². The van der Waals surface area contributed by atoms with Crippen LogP contribution in [0.1, 0.15) is 48.2 Å². The van der Waals surface area contributed by atoms with Crippen LogP contribution < -0.4 is 14.4 Å². The molecule has 1 unspecified atom stereocenters. The SMILES string of the molecule is Cc1cccc(C)c1-c1cc2nc(n1)NS(=O)(=O)c1cccc(c1)C(=O)[NH+]([C@H]1CCN(C)C1)[C@H](CC(C)C)CO2. The summed E-state index contributed by atoms with van der Waals surface area (Å²) in [6, 6.07) is 13.9. The number of quaternary nitrogens is 1. The number of aromatic nitrogens is 2. The van der Waals surface area contributed by atoms with Gasteiger partial charge in [0, 0.05) is 31.0 Å². The van der Waals surface area contributed by atoms with Crippen LogP contribution in [0.5, 0.6) is 5.88 Å². The molecule has 1 amide bonds. The number of likely N-dealkylation sites (N-methyl/N-ethyl adjacent to an activating group) is 1. The zero-order chi connectivity index (χ0) is 28.6. The number of rotatable bonds is 4. The van der Waals surface area contributed by atoms with Crippen LogP contribution in [-0.4, -0.2) is 68.0 Å². The summed E-state index contributed by atoms with van der Waals surface area (Å²) < 4.78 is 35.9. The molecule has 0 radical (unpaired) electrons. The van der Waals surface area contributed by atoms with Crippen molar-refractivity contribution in [2.24, 2.45) is 5.92 Å². The molecule has 1 saturated heterocycles. The zero-order valence-corrected chi connectivity index (χ0v) is 24.6. The maximum Gasteiger partial charge on any atom is 0.344 e. The van der Waals surface area contributed by atoms with Gasteiger partial charge in [0.25, 0.3) is 10.0 Å². The lowest BCUT2D eigenvalue weighted by Crippen LogP contribution is -3.22. The van der Waals surface area contributed by atoms with Crippen LogP contribution in [0.2, 0.25) is 0 Å². The summed E-state index contributed by atoms with van der Waals surface area (Å²) in [5.74, 6) is 0.402. The lowest BCUT2D eigenvalue weighted by atomic mass is 9.99. The van der Waals surface area contributed by atoms with Crippen molar-refractivity contribution in [3.63, 3.8) is 0 Å². The van der Waals surface area contributed by atoms with Crippen molar-refractivity contribution >= 4 is 21.9 Å². The minimum absolute atomic E-state index is 0.00978. The number of hydrogen-bond donors (Lipinski definition) is 2. The first-order valence-corrected chi connectivity index (χ1v) is 15.3. The van der Waals surface area contributed by atoms with Gasteiger partial charge in [-0.2, -0.15) is 4.98 Å². The topological polar surface area (TPSA) is 106 Å². The summed E-state index contributed by atoms with van der Waals surface area (Å²) in [7, 11) is -2.02. The van der Waals surface area contributed by atoms with Crippen molar-refractivity contribution in [3.05, 3.63) is 65.2 Å². The van der Waals surface area contributed by atoms with E-state index in [0.717, 1.165) is 47.5 Å². The Balaban J connectivity index is 1.67. The van der Waals surface area contributed by atoms with Crippen LogP contribution in [0.3, 0.4) is 0 Å². The molecule has 4 bridgehead atoms. The molecule has 3 aromatic rings. The van der Waals surface area contributed by atoms with Crippen molar-refractivity contribution in [2.75, 3.05) is 31.5 Å². The first-order chi connectivity index (χ1) is 19.0. The van der Waals surface area contributed by atoms with Gasteiger partial charge >= 0.3 is 5.91 Å². The monoisotopic (exact) mass is 564 g/mol. The Bertz CT molecular complexity index is 1500. The number of anilines is 1. The molecule has 3 heterocycles. The van der Waals surface area contributed by atoms with E-state index in [1.165, 1.54) is 12.1 Å². The highest BCUT2D eigenvalue weighted by Gasteiger charge is 2.41. The molecule has 0 spiro atoms. The third kappa shape index (κ3) is 5.89. The largest absolute Gasteiger partial charge is 0.471 e. The summed E-state index contributed by atoms with van der Waals surface area (Å²) in [5.41, 5.74) is 3.85. The average Bonchev–Trinajstić information content (AvgIpc) is 3.31. The number of nitrogens with zero attached hydrogens (tertiary/aromatic N) is 3. The molecule has 10 heteroatoms. The summed E-state index contributed by atoms with van der Waals surface area (Å²) >= 11 is 0. The van der Waals surface area contributed by atoms with Crippen molar-refractivity contribution in [1.82, 2.24) is 14.9 Å². The minimum atomic E-state index is -4.08. The molecule has 0 saturated carbocycles. The summed E-state index contributed by atoms with van der Waals surface area (Å²) in [6.45, 7) is 10.2. The maximum atomic E-state index is 14.2. The maximum absolute atomic E-state index is 14.2. The van der Waals surface area contributed by atoms with E-state index in [-0.39, 0.29) is 41.3 Å². The van der Waals surface area contributed by atoms with Crippen LogP contribution in [-0.2, 0) is 10.0 Å². The highest BCUT2D eigenvalue weighted by Crippen LogP contribution is 2.29. The van der Waals surface area contributed by atoms with E-state index in [1.54, 1.807) is 18.2 Å². The second kappa shape index (κ2) is 11.3. The lowest BCUT2D eigenvalue weighted by molar-refractivity contribution is -0.868. The highest BCUT2D eigenvalue weighted by atomic mass is 32.2. The molecule has 2 aromatic carbocycles. The Labute approximate surface area is 236 Å². The quantitative estimate of drug-likeness (QED) is 0.502. The number of sulfonamides is 1. The highest BCUT2D eigenvalue weighted by molar-refractivity contribution is 7.92. The van der Waals surface area contributed by atoms with E-state index in [1.807, 2.05) is 32.0 Å². The molecule has 40 heavy (non-hydrogen) atoms. The fourth-order valence-corrected chi connectivity index (χ4v) is 6.96. The number of fused-ring (bicyclic) bond motifs is 4. The molecule has 3 atom stereocenters. The molecule has 2 aliphatic rings. The summed E-state index contributed by atoms with van der Waals surface area (Å²) in [5, 5.41) is 0. The molecule has 2 aliphatic heterocycles. The van der Waals surface area contributed by atoms with Gasteiger partial charge in [-0.25, -0.2) is 22.9 Å². The summed E-state index contributed by atoms with van der Waals surface area (Å²) in [4.78, 5) is 26.2. The predicted octanol–water partition coefficient (Wildman–Crippen LogP) is 3.10. The van der Waals surface area contributed by atoms with Gasteiger partial charge in [-0.15, -0.1) is 0 Å². The third-order valence-corrected chi connectivity index (χ3v) is 9.12. The molecule has 2 N–H and O–H groups in total. The molecule has 212 valence electrons. The molecular weight excluding hydrogens is 526 g/mol. The van der Waals surface area contributed by atoms with Crippen molar-refractivity contribution in [1.29, 1.82) is 0 Å². The molecule has 1 aromatic heterocycles. The van der Waals surface area contributed by atoms with E-state index in [4.69, 9.17) is 4.74 Å². The smallest absolute Gasteiger partial charge is 0.344 e. The average molecular weight is 565 g/mol. The number of hydrogen-bond acceptors (Lipinski definition) is 7. The van der Waals surface area contributed by atoms with Crippen LogP contribution in [0.4, 0.5) is 5.95 Å². The van der Waals surface area contributed by atoms with Crippen molar-refractivity contribution < 1.29 is 22.8 Å². The van der Waals surface area contributed by atoms with E-state index in [9.17, 15) is 13.2 Å². The van der Waals surface area contributed by atoms with Crippen LogP contribution >= 0.6 is 0 Å². The minimum Gasteiger partial charge on any atom is -0.471 e. The zero-order valence-electron chi connectivity index (χ0n) is 23.8. The Hall–Kier alpha value is -3.34. The van der Waals surface area contributed by atoms with Crippen molar-refractivity contribution in [3.8, 4) is 17.1 Å². The Morgan fingerprint density at radius 2 is 1.82 bits per heavy atom. The first kappa shape index (κ1) is 28.2. The van der Waals surface area contributed by atoms with E-state index in [2.05, 4.69) is 40.5 Å². The normalized spacial score (nSPS) is 23.1. The number of ether oxygens (including phenoxy) is 1. The van der Waals surface area contributed by atoms with Gasteiger partial charge in [-0.05, 0) is 56.1 Å². The van der Waals surface area contributed by atoms with E-state index in [0.29, 0.717) is 17.2 Å². The van der Waals surface area contributed by atoms with Crippen molar-refractivity contribution in [2.45, 2.75) is 57.5 Å². The lowest BCUT2D eigenvalue weighted by Gasteiger charge is -2.32. The number of benzene rings is 2. The number of aryl methyl sites for hydroxylation is 2. The number of nitrogens with one attached hydrogen (secondary N) is 2. The van der Waals surface area contributed by atoms with Crippen LogP contribution in [0.25, 0.3) is 11.3 Å². The number of carbonyl (C=O) groups excluding carboxylic acids is 1. The Morgan fingerprint density at radius 3 is 2.50 bits per heavy atom. The standard InChI is InChI=1S/C30H37N5O4S/c1-19(2)14-24-18-39-27-16-26(28-20(3)8-6-9-21(28)4)31-30(32-27)33-40(37,38)25-11-7-10-22(15-25)29(36)35(24)23-12-13-34(5)17-23/h6-11,15-16,19,23-24H,12-14,17-18H2,1-5H3,(H,31,32,33)/p+1/t23-,24+/m0/s1. The van der Waals surface area contributed by atoms with Gasteiger partial charge in [-0.1, -0.05) is 38.1 Å². The van der Waals surface area contributed by atoms with Crippen LogP contribution in [0, 0.1) is 19.8 Å². The van der Waals surface area contributed by atoms with Gasteiger partial charge in [0.2, 0.25) is 11.8 Å². The predicted molar refractivity (Wildman–Crippen MR) is 154 cm³/mol. The third-order valence-electron chi connectivity index (χ3n) is 7.79. The fourth-order valence-electron chi connectivity index (χ4n) is 5.97. The first-order valence-electron chi connectivity index (χ1n) is 13.8. The number of carbonyl (C=O) groups is 1. The molecule has 5 rings (SSSR count). The Kier molecular flexibility index (Phi) is 7.94. The van der Waals surface area contributed by atoms with E-state index < -0.39 is 10.0 Å². The van der Waals surface area contributed by atoms with Gasteiger partial charge in [-0.3, -0.25) is 4.90 Å². The van der Waals surface area contributed by atoms with Gasteiger partial charge in [0.1, 0.15) is 18.7 Å². The Morgan fingerprint density at radius 1 is 1.10 bits per heavy atom. The molecular formula is C30H38N5O4S+. The van der Waals surface area contributed by atoms with Gasteiger partial charge in [0.15, 0.2) is 0 Å². The second-order valence-electron chi connectivity index (χ2n) is 11.5. The number of amides is 1. The molecule has 0 aliphatic carbocycles. The number of likely N-dealkylation sites (tertiary alicyclic amines) is 1. The molecule has 9 nitrogen and oxygen atoms in total. The summed E-state index contributed by atoms with van der Waals surface area (Å²) in [6.07, 6.45) is 1.64. The molecule has 1 fully saturated rings. The second-order valence-corrected chi connectivity index (χ2v) is 13.2. The van der Waals surface area contributed by atoms with Gasteiger partial charge in [0.05, 0.1) is 22.7 Å².